The minimum Gasteiger partial charge on any atom is -0.497 e. The molecule has 3 rings (SSSR count). The number of hydrogen-bond donors (Lipinski definition) is 1. The van der Waals surface area contributed by atoms with Crippen LogP contribution >= 0.6 is 0 Å². The number of benzene rings is 2. The first kappa shape index (κ1) is 14.2. The van der Waals surface area contributed by atoms with Crippen molar-refractivity contribution in [3.05, 3.63) is 65.2 Å². The van der Waals surface area contributed by atoms with Gasteiger partial charge in [-0.15, -0.1) is 0 Å². The van der Waals surface area contributed by atoms with Crippen molar-refractivity contribution in [2.45, 2.75) is 25.8 Å². The Bertz CT molecular complexity index is 566. The molecule has 1 aliphatic rings. The summed E-state index contributed by atoms with van der Waals surface area (Å²) in [5.74, 6) is 1.56. The molecule has 0 spiro atoms. The van der Waals surface area contributed by atoms with Gasteiger partial charge in [-0.25, -0.2) is 0 Å². The van der Waals surface area contributed by atoms with Crippen molar-refractivity contribution >= 4 is 0 Å². The zero-order chi connectivity index (χ0) is 14.7. The van der Waals surface area contributed by atoms with Gasteiger partial charge in [0.15, 0.2) is 0 Å². The molecule has 2 heteroatoms. The molecule has 1 aliphatic carbocycles. The van der Waals surface area contributed by atoms with E-state index in [1.165, 1.54) is 29.5 Å². The molecule has 0 fully saturated rings. The summed E-state index contributed by atoms with van der Waals surface area (Å²) in [6.07, 6.45) is 2.33. The second kappa shape index (κ2) is 6.31. The van der Waals surface area contributed by atoms with Crippen molar-refractivity contribution in [2.24, 2.45) is 5.92 Å². The van der Waals surface area contributed by atoms with Crippen molar-refractivity contribution in [2.75, 3.05) is 13.7 Å². The molecule has 0 saturated carbocycles. The van der Waals surface area contributed by atoms with Gasteiger partial charge in [-0.05, 0) is 54.1 Å². The maximum atomic E-state index is 5.26. The Kier molecular flexibility index (Phi) is 4.26. The molecule has 0 heterocycles. The fraction of sp³-hybridized carbons (Fsp3) is 0.368. The summed E-state index contributed by atoms with van der Waals surface area (Å²) >= 11 is 0. The Morgan fingerprint density at radius 3 is 2.19 bits per heavy atom. The fourth-order valence-electron chi connectivity index (χ4n) is 3.42. The van der Waals surface area contributed by atoms with Crippen LogP contribution < -0.4 is 10.1 Å². The lowest BCUT2D eigenvalue weighted by Crippen LogP contribution is -2.28. The highest BCUT2D eigenvalue weighted by Gasteiger charge is 2.28. The minimum absolute atomic E-state index is 0.410. The van der Waals surface area contributed by atoms with Gasteiger partial charge >= 0.3 is 0 Å². The van der Waals surface area contributed by atoms with Crippen LogP contribution in [0.3, 0.4) is 0 Å². The molecular weight excluding hydrogens is 258 g/mol. The molecule has 2 nitrogen and oxygen atoms in total. The molecule has 0 aliphatic heterocycles. The summed E-state index contributed by atoms with van der Waals surface area (Å²) in [6, 6.07) is 17.7. The zero-order valence-electron chi connectivity index (χ0n) is 12.8. The monoisotopic (exact) mass is 281 g/mol. The molecule has 1 atom stereocenters. The molecule has 110 valence electrons. The maximum Gasteiger partial charge on any atom is 0.118 e. The van der Waals surface area contributed by atoms with E-state index < -0.39 is 0 Å². The average Bonchev–Trinajstić information content (AvgIpc) is 2.96. The molecular formula is C19H23NO. The maximum absolute atomic E-state index is 5.26. The molecule has 0 aromatic heterocycles. The van der Waals surface area contributed by atoms with Crippen LogP contribution in [-0.2, 0) is 12.8 Å². The lowest BCUT2D eigenvalue weighted by atomic mass is 9.90. The smallest absolute Gasteiger partial charge is 0.118 e. The molecule has 0 amide bonds. The van der Waals surface area contributed by atoms with E-state index in [-0.39, 0.29) is 0 Å². The number of methoxy groups -OCH3 is 1. The van der Waals surface area contributed by atoms with Gasteiger partial charge < -0.3 is 10.1 Å². The lowest BCUT2D eigenvalue weighted by molar-refractivity contribution is 0.379. The zero-order valence-corrected chi connectivity index (χ0v) is 12.8. The first-order chi connectivity index (χ1) is 10.3. The van der Waals surface area contributed by atoms with Crippen molar-refractivity contribution in [1.82, 2.24) is 5.32 Å². The van der Waals surface area contributed by atoms with E-state index in [0.29, 0.717) is 12.0 Å². The minimum atomic E-state index is 0.410. The largest absolute Gasteiger partial charge is 0.497 e. The predicted octanol–water partition coefficient (Wildman–Crippen LogP) is 3.76. The van der Waals surface area contributed by atoms with Crippen LogP contribution in [0.5, 0.6) is 5.75 Å². The third-order valence-electron chi connectivity index (χ3n) is 4.45. The quantitative estimate of drug-likeness (QED) is 0.901. The van der Waals surface area contributed by atoms with Gasteiger partial charge in [0, 0.05) is 6.04 Å². The SMILES string of the molecule is CCNC(c1ccc(OC)cc1)C1Cc2ccccc2C1. The highest BCUT2D eigenvalue weighted by atomic mass is 16.5. The fourth-order valence-corrected chi connectivity index (χ4v) is 3.42. The standard InChI is InChI=1S/C19H23NO/c1-3-20-19(14-8-10-18(21-2)11-9-14)17-12-15-6-4-5-7-16(15)13-17/h4-11,17,19-20H,3,12-13H2,1-2H3. The molecule has 0 bridgehead atoms. The lowest BCUT2D eigenvalue weighted by Gasteiger charge is -2.25. The molecule has 1 N–H and O–H groups in total. The van der Waals surface area contributed by atoms with E-state index in [0.717, 1.165) is 12.3 Å². The molecule has 0 saturated heterocycles. The Hall–Kier alpha value is -1.80. The van der Waals surface area contributed by atoms with Gasteiger partial charge in [-0.3, -0.25) is 0 Å². The number of fused-ring (bicyclic) bond motifs is 1. The summed E-state index contributed by atoms with van der Waals surface area (Å²) in [5, 5.41) is 3.67. The predicted molar refractivity (Wildman–Crippen MR) is 86.8 cm³/mol. The Balaban J connectivity index is 1.82. The first-order valence-electron chi connectivity index (χ1n) is 7.76. The number of nitrogens with one attached hydrogen (secondary N) is 1. The third kappa shape index (κ3) is 2.96. The van der Waals surface area contributed by atoms with Crippen LogP contribution in [0.25, 0.3) is 0 Å². The van der Waals surface area contributed by atoms with Gasteiger partial charge in [-0.1, -0.05) is 43.3 Å². The van der Waals surface area contributed by atoms with Crippen LogP contribution in [0.1, 0.15) is 29.7 Å². The topological polar surface area (TPSA) is 21.3 Å². The number of hydrogen-bond acceptors (Lipinski definition) is 2. The van der Waals surface area contributed by atoms with E-state index in [4.69, 9.17) is 4.74 Å². The van der Waals surface area contributed by atoms with E-state index in [9.17, 15) is 0 Å². The summed E-state index contributed by atoms with van der Waals surface area (Å²) in [7, 11) is 1.71. The summed E-state index contributed by atoms with van der Waals surface area (Å²) in [4.78, 5) is 0. The van der Waals surface area contributed by atoms with E-state index in [2.05, 4.69) is 60.8 Å². The summed E-state index contributed by atoms with van der Waals surface area (Å²) in [5.41, 5.74) is 4.38. The van der Waals surface area contributed by atoms with Crippen molar-refractivity contribution in [3.8, 4) is 5.75 Å². The molecule has 0 radical (unpaired) electrons. The van der Waals surface area contributed by atoms with Crippen LogP contribution in [0, 0.1) is 5.92 Å². The summed E-state index contributed by atoms with van der Waals surface area (Å²) < 4.78 is 5.26. The van der Waals surface area contributed by atoms with Gasteiger partial charge in [-0.2, -0.15) is 0 Å². The number of rotatable bonds is 5. The highest BCUT2D eigenvalue weighted by molar-refractivity contribution is 5.35. The van der Waals surface area contributed by atoms with Gasteiger partial charge in [0.1, 0.15) is 5.75 Å². The van der Waals surface area contributed by atoms with E-state index >= 15 is 0 Å². The first-order valence-corrected chi connectivity index (χ1v) is 7.76. The normalized spacial score (nSPS) is 15.7. The Labute approximate surface area is 127 Å². The molecule has 21 heavy (non-hydrogen) atoms. The average molecular weight is 281 g/mol. The van der Waals surface area contributed by atoms with Crippen LogP contribution in [0.2, 0.25) is 0 Å². The van der Waals surface area contributed by atoms with Crippen molar-refractivity contribution in [3.63, 3.8) is 0 Å². The van der Waals surface area contributed by atoms with Gasteiger partial charge in [0.05, 0.1) is 7.11 Å². The second-order valence-corrected chi connectivity index (χ2v) is 5.75. The highest BCUT2D eigenvalue weighted by Crippen LogP contribution is 2.35. The van der Waals surface area contributed by atoms with Crippen LogP contribution in [0.4, 0.5) is 0 Å². The second-order valence-electron chi connectivity index (χ2n) is 5.75. The summed E-state index contributed by atoms with van der Waals surface area (Å²) in [6.45, 7) is 3.17. The van der Waals surface area contributed by atoms with Crippen LogP contribution in [-0.4, -0.2) is 13.7 Å². The molecule has 1 unspecified atom stereocenters. The number of ether oxygens (including phenoxy) is 1. The molecule has 2 aromatic carbocycles. The van der Waals surface area contributed by atoms with E-state index in [1.807, 2.05) is 0 Å². The van der Waals surface area contributed by atoms with Gasteiger partial charge in [0.2, 0.25) is 0 Å². The Morgan fingerprint density at radius 1 is 1.05 bits per heavy atom. The van der Waals surface area contributed by atoms with Crippen LogP contribution in [0.15, 0.2) is 48.5 Å². The third-order valence-corrected chi connectivity index (χ3v) is 4.45. The Morgan fingerprint density at radius 2 is 1.67 bits per heavy atom. The van der Waals surface area contributed by atoms with Crippen molar-refractivity contribution in [1.29, 1.82) is 0 Å². The van der Waals surface area contributed by atoms with E-state index in [1.54, 1.807) is 7.11 Å². The molecule has 2 aromatic rings. The van der Waals surface area contributed by atoms with Crippen molar-refractivity contribution < 1.29 is 4.74 Å². The van der Waals surface area contributed by atoms with Gasteiger partial charge in [0.25, 0.3) is 0 Å².